The number of nitrogens with one attached hydrogen (secondary N) is 1. The zero-order valence-electron chi connectivity index (χ0n) is 11.5. The van der Waals surface area contributed by atoms with E-state index >= 15 is 0 Å². The van der Waals surface area contributed by atoms with Gasteiger partial charge in [0.15, 0.2) is 0 Å². The van der Waals surface area contributed by atoms with E-state index in [-0.39, 0.29) is 18.4 Å². The van der Waals surface area contributed by atoms with Crippen molar-refractivity contribution in [1.82, 2.24) is 5.32 Å². The fourth-order valence-corrected chi connectivity index (χ4v) is 2.19. The Hall–Kier alpha value is -2.10. The van der Waals surface area contributed by atoms with Crippen LogP contribution in [-0.2, 0) is 9.59 Å². The summed E-state index contributed by atoms with van der Waals surface area (Å²) in [5, 5.41) is 11.6. The number of carbonyl (C=O) groups excluding carboxylic acids is 1. The number of hydrogen-bond donors (Lipinski definition) is 2. The molecule has 0 spiro atoms. The fraction of sp³-hybridized carbons (Fsp3) is 0.375. The highest BCUT2D eigenvalue weighted by molar-refractivity contribution is 5.92. The van der Waals surface area contributed by atoms with Crippen LogP contribution in [0, 0.1) is 12.8 Å². The van der Waals surface area contributed by atoms with Crippen molar-refractivity contribution >= 4 is 18.0 Å². The Morgan fingerprint density at radius 3 is 2.70 bits per heavy atom. The van der Waals surface area contributed by atoms with Gasteiger partial charge in [-0.3, -0.25) is 9.59 Å². The number of rotatable bonds is 6. The van der Waals surface area contributed by atoms with Crippen LogP contribution in [0.1, 0.15) is 30.4 Å². The van der Waals surface area contributed by atoms with E-state index < -0.39 is 5.97 Å². The van der Waals surface area contributed by atoms with Gasteiger partial charge in [0, 0.05) is 12.1 Å². The smallest absolute Gasteiger partial charge is 0.305 e. The molecule has 0 heterocycles. The third-order valence-corrected chi connectivity index (χ3v) is 3.52. The molecule has 0 aromatic heterocycles. The molecule has 1 unspecified atom stereocenters. The Morgan fingerprint density at radius 1 is 1.40 bits per heavy atom. The van der Waals surface area contributed by atoms with Crippen LogP contribution in [-0.4, -0.2) is 23.0 Å². The molecule has 4 heteroatoms. The minimum absolute atomic E-state index is 0.00535. The van der Waals surface area contributed by atoms with Gasteiger partial charge < -0.3 is 10.4 Å². The topological polar surface area (TPSA) is 66.4 Å². The first-order chi connectivity index (χ1) is 9.56. The van der Waals surface area contributed by atoms with Gasteiger partial charge in [-0.25, -0.2) is 0 Å². The van der Waals surface area contributed by atoms with Crippen LogP contribution in [0.25, 0.3) is 6.08 Å². The van der Waals surface area contributed by atoms with Gasteiger partial charge in [-0.15, -0.1) is 0 Å². The second-order valence-corrected chi connectivity index (χ2v) is 5.24. The van der Waals surface area contributed by atoms with Crippen LogP contribution in [0.15, 0.2) is 30.3 Å². The molecule has 0 aliphatic heterocycles. The largest absolute Gasteiger partial charge is 0.481 e. The summed E-state index contributed by atoms with van der Waals surface area (Å²) < 4.78 is 0. The second kappa shape index (κ2) is 6.37. The Kier molecular flexibility index (Phi) is 4.56. The molecular weight excluding hydrogens is 254 g/mol. The van der Waals surface area contributed by atoms with Gasteiger partial charge in [-0.2, -0.15) is 0 Å². The van der Waals surface area contributed by atoms with E-state index in [0.29, 0.717) is 5.92 Å². The number of amides is 1. The first-order valence-electron chi connectivity index (χ1n) is 6.82. The molecule has 0 radical (unpaired) electrons. The maximum absolute atomic E-state index is 11.9. The summed E-state index contributed by atoms with van der Waals surface area (Å²) >= 11 is 0. The predicted molar refractivity (Wildman–Crippen MR) is 77.1 cm³/mol. The van der Waals surface area contributed by atoms with Crippen molar-refractivity contribution in [3.63, 3.8) is 0 Å². The lowest BCUT2D eigenvalue weighted by molar-refractivity contribution is -0.137. The summed E-state index contributed by atoms with van der Waals surface area (Å²) in [5.41, 5.74) is 2.09. The molecule has 1 amide bonds. The fourth-order valence-electron chi connectivity index (χ4n) is 2.19. The monoisotopic (exact) mass is 273 g/mol. The molecule has 0 bridgehead atoms. The quantitative estimate of drug-likeness (QED) is 0.782. The molecule has 1 aromatic carbocycles. The van der Waals surface area contributed by atoms with Crippen LogP contribution < -0.4 is 5.32 Å². The number of aliphatic carboxylic acids is 1. The van der Waals surface area contributed by atoms with Gasteiger partial charge in [-0.1, -0.05) is 24.3 Å². The highest BCUT2D eigenvalue weighted by atomic mass is 16.4. The average Bonchev–Trinajstić information content (AvgIpc) is 3.21. The van der Waals surface area contributed by atoms with Crippen molar-refractivity contribution < 1.29 is 14.7 Å². The van der Waals surface area contributed by atoms with Crippen molar-refractivity contribution in [2.45, 2.75) is 32.2 Å². The average molecular weight is 273 g/mol. The molecular formula is C16H19NO3. The van der Waals surface area contributed by atoms with Gasteiger partial charge in [0.05, 0.1) is 6.42 Å². The third kappa shape index (κ3) is 4.23. The first-order valence-corrected chi connectivity index (χ1v) is 6.82. The molecule has 1 saturated carbocycles. The second-order valence-electron chi connectivity index (χ2n) is 5.24. The van der Waals surface area contributed by atoms with E-state index in [1.807, 2.05) is 31.2 Å². The van der Waals surface area contributed by atoms with Gasteiger partial charge in [0.2, 0.25) is 5.91 Å². The Morgan fingerprint density at radius 2 is 2.10 bits per heavy atom. The van der Waals surface area contributed by atoms with E-state index in [4.69, 9.17) is 5.11 Å². The summed E-state index contributed by atoms with van der Waals surface area (Å²) in [4.78, 5) is 22.6. The molecule has 0 saturated heterocycles. The summed E-state index contributed by atoms with van der Waals surface area (Å²) in [5.74, 6) is -0.779. The van der Waals surface area contributed by atoms with Crippen LogP contribution >= 0.6 is 0 Å². The van der Waals surface area contributed by atoms with Gasteiger partial charge in [0.25, 0.3) is 0 Å². The lowest BCUT2D eigenvalue weighted by Gasteiger charge is -2.14. The van der Waals surface area contributed by atoms with E-state index in [1.165, 1.54) is 6.08 Å². The maximum Gasteiger partial charge on any atom is 0.305 e. The highest BCUT2D eigenvalue weighted by Crippen LogP contribution is 2.34. The van der Waals surface area contributed by atoms with E-state index in [0.717, 1.165) is 24.0 Å². The normalized spacial score (nSPS) is 16.1. The van der Waals surface area contributed by atoms with Crippen molar-refractivity contribution in [1.29, 1.82) is 0 Å². The lowest BCUT2D eigenvalue weighted by atomic mass is 10.1. The molecule has 20 heavy (non-hydrogen) atoms. The van der Waals surface area contributed by atoms with Gasteiger partial charge in [0.1, 0.15) is 0 Å². The minimum atomic E-state index is -0.870. The molecule has 1 aromatic rings. The molecule has 1 aliphatic carbocycles. The molecule has 1 atom stereocenters. The van der Waals surface area contributed by atoms with E-state index in [1.54, 1.807) is 6.08 Å². The van der Waals surface area contributed by atoms with Gasteiger partial charge >= 0.3 is 5.97 Å². The molecule has 1 fully saturated rings. The standard InChI is InChI=1S/C16H19NO3/c1-11-4-2-3-5-12(11)8-9-15(18)17-14(10-16(19)20)13-6-7-13/h2-5,8-9,13-14H,6-7,10H2,1H3,(H,17,18)(H,19,20)/b9-8+. The first kappa shape index (κ1) is 14.3. The molecule has 1 aliphatic rings. The predicted octanol–water partition coefficient (Wildman–Crippen LogP) is 2.38. The number of carboxylic acids is 1. The van der Waals surface area contributed by atoms with Crippen LogP contribution in [0.5, 0.6) is 0 Å². The minimum Gasteiger partial charge on any atom is -0.481 e. The summed E-state index contributed by atoms with van der Waals surface area (Å²) in [6, 6.07) is 7.54. The SMILES string of the molecule is Cc1ccccc1/C=C/C(=O)NC(CC(=O)O)C1CC1. The lowest BCUT2D eigenvalue weighted by Crippen LogP contribution is -2.37. The third-order valence-electron chi connectivity index (χ3n) is 3.52. The van der Waals surface area contributed by atoms with Crippen molar-refractivity contribution in [2.75, 3.05) is 0 Å². The van der Waals surface area contributed by atoms with Crippen LogP contribution in [0.4, 0.5) is 0 Å². The van der Waals surface area contributed by atoms with E-state index in [9.17, 15) is 9.59 Å². The van der Waals surface area contributed by atoms with Crippen LogP contribution in [0.2, 0.25) is 0 Å². The number of aryl methyl sites for hydroxylation is 1. The molecule has 106 valence electrons. The number of carboxylic acid groups (broad SMARTS) is 1. The van der Waals surface area contributed by atoms with E-state index in [2.05, 4.69) is 5.32 Å². The van der Waals surface area contributed by atoms with Crippen molar-refractivity contribution in [3.8, 4) is 0 Å². The number of carbonyl (C=O) groups is 2. The molecule has 2 N–H and O–H groups in total. The summed E-state index contributed by atoms with van der Waals surface area (Å²) in [7, 11) is 0. The maximum atomic E-state index is 11.9. The highest BCUT2D eigenvalue weighted by Gasteiger charge is 2.33. The van der Waals surface area contributed by atoms with Crippen molar-refractivity contribution in [2.24, 2.45) is 5.92 Å². The number of benzene rings is 1. The summed E-state index contributed by atoms with van der Waals surface area (Å²) in [6.45, 7) is 1.98. The van der Waals surface area contributed by atoms with Crippen molar-refractivity contribution in [3.05, 3.63) is 41.5 Å². The Labute approximate surface area is 118 Å². The zero-order chi connectivity index (χ0) is 14.5. The summed E-state index contributed by atoms with van der Waals surface area (Å²) in [6.07, 6.45) is 5.23. The zero-order valence-corrected chi connectivity index (χ0v) is 11.5. The molecule has 4 nitrogen and oxygen atoms in total. The molecule has 2 rings (SSSR count). The Balaban J connectivity index is 1.94. The van der Waals surface area contributed by atoms with Gasteiger partial charge in [-0.05, 0) is 42.9 Å². The van der Waals surface area contributed by atoms with Crippen LogP contribution in [0.3, 0.4) is 0 Å². The Bertz CT molecular complexity index is 532. The number of hydrogen-bond acceptors (Lipinski definition) is 2.